The lowest BCUT2D eigenvalue weighted by Gasteiger charge is -2.07. The third-order valence-corrected chi connectivity index (χ3v) is 4.02. The van der Waals surface area contributed by atoms with E-state index in [1.807, 2.05) is 31.2 Å². The summed E-state index contributed by atoms with van der Waals surface area (Å²) in [5.41, 5.74) is 9.90. The van der Waals surface area contributed by atoms with Crippen molar-refractivity contribution in [2.75, 3.05) is 12.3 Å². The van der Waals surface area contributed by atoms with Crippen molar-refractivity contribution in [3.63, 3.8) is 0 Å². The molecule has 0 aromatic heterocycles. The van der Waals surface area contributed by atoms with Gasteiger partial charge in [0.1, 0.15) is 5.75 Å². The van der Waals surface area contributed by atoms with Crippen molar-refractivity contribution in [3.05, 3.63) is 56.5 Å². The monoisotopic (exact) mass is 439 g/mol. The summed E-state index contributed by atoms with van der Waals surface area (Å²) in [4.78, 5) is 12.1. The summed E-state index contributed by atoms with van der Waals surface area (Å²) < 4.78 is 6.76. The smallest absolute Gasteiger partial charge is 0.273 e. The lowest BCUT2D eigenvalue weighted by molar-refractivity contribution is 0.0956. The number of hydrogen-bond acceptors (Lipinski definition) is 4. The van der Waals surface area contributed by atoms with Crippen molar-refractivity contribution in [2.45, 2.75) is 6.92 Å². The zero-order valence-electron chi connectivity index (χ0n) is 12.3. The number of nitrogen functional groups attached to an aromatic ring is 1. The van der Waals surface area contributed by atoms with Crippen LogP contribution < -0.4 is 15.9 Å². The van der Waals surface area contributed by atoms with Gasteiger partial charge < -0.3 is 10.5 Å². The molecule has 0 spiro atoms. The highest BCUT2D eigenvalue weighted by atomic mass is 79.9. The van der Waals surface area contributed by atoms with E-state index in [1.54, 1.807) is 18.3 Å². The summed E-state index contributed by atoms with van der Waals surface area (Å²) in [6.45, 7) is 2.55. The average molecular weight is 441 g/mol. The van der Waals surface area contributed by atoms with Crippen LogP contribution in [-0.2, 0) is 0 Å². The molecular weight excluding hydrogens is 426 g/mol. The number of ether oxygens (including phenoxy) is 1. The summed E-state index contributed by atoms with van der Waals surface area (Å²) in [7, 11) is 0. The lowest BCUT2D eigenvalue weighted by Crippen LogP contribution is -2.19. The molecule has 0 aliphatic heterocycles. The van der Waals surface area contributed by atoms with E-state index >= 15 is 0 Å². The molecular formula is C16H15Br2N3O2. The quantitative estimate of drug-likeness (QED) is 0.419. The number of hydrazone groups is 1. The first-order valence-corrected chi connectivity index (χ1v) is 8.40. The Labute approximate surface area is 151 Å². The maximum atomic E-state index is 12.1. The zero-order valence-corrected chi connectivity index (χ0v) is 15.5. The fourth-order valence-corrected chi connectivity index (χ4v) is 3.04. The van der Waals surface area contributed by atoms with Crippen LogP contribution in [0.2, 0.25) is 0 Å². The van der Waals surface area contributed by atoms with Gasteiger partial charge in [-0.3, -0.25) is 4.79 Å². The number of nitrogens with one attached hydrogen (secondary N) is 1. The molecule has 2 aromatic rings. The molecule has 0 aliphatic carbocycles. The van der Waals surface area contributed by atoms with Crippen molar-refractivity contribution >= 4 is 49.7 Å². The third kappa shape index (κ3) is 4.80. The Hall–Kier alpha value is -1.86. The van der Waals surface area contributed by atoms with E-state index in [0.717, 1.165) is 15.8 Å². The molecule has 0 radical (unpaired) electrons. The number of carbonyl (C=O) groups is 1. The third-order valence-electron chi connectivity index (χ3n) is 2.91. The van der Waals surface area contributed by atoms with Gasteiger partial charge in [0.05, 0.1) is 24.1 Å². The van der Waals surface area contributed by atoms with Crippen molar-refractivity contribution < 1.29 is 9.53 Å². The normalized spacial score (nSPS) is 10.7. The van der Waals surface area contributed by atoms with E-state index < -0.39 is 0 Å². The van der Waals surface area contributed by atoms with Crippen LogP contribution in [0.3, 0.4) is 0 Å². The van der Waals surface area contributed by atoms with E-state index in [2.05, 4.69) is 42.4 Å². The standard InChI is InChI=1S/C16H15Br2N3O2/c1-2-23-12-5-3-10(4-6-12)9-20-21-16(22)13-7-11(17)8-14(18)15(13)19/h3-9H,2,19H2,1H3,(H,21,22)/b20-9+. The van der Waals surface area contributed by atoms with Gasteiger partial charge in [-0.15, -0.1) is 0 Å². The topological polar surface area (TPSA) is 76.7 Å². The Morgan fingerprint density at radius 2 is 2.00 bits per heavy atom. The minimum Gasteiger partial charge on any atom is -0.494 e. The fraction of sp³-hybridized carbons (Fsp3) is 0.125. The summed E-state index contributed by atoms with van der Waals surface area (Å²) in [5, 5.41) is 3.94. The van der Waals surface area contributed by atoms with Gasteiger partial charge in [0.25, 0.3) is 5.91 Å². The second-order valence-electron chi connectivity index (χ2n) is 4.55. The van der Waals surface area contributed by atoms with Gasteiger partial charge in [0.15, 0.2) is 0 Å². The first-order chi connectivity index (χ1) is 11.0. The minimum absolute atomic E-state index is 0.343. The van der Waals surface area contributed by atoms with Crippen molar-refractivity contribution in [1.82, 2.24) is 5.43 Å². The summed E-state index contributed by atoms with van der Waals surface area (Å²) in [5.74, 6) is 0.409. The molecule has 2 rings (SSSR count). The van der Waals surface area contributed by atoms with Crippen molar-refractivity contribution in [1.29, 1.82) is 0 Å². The molecule has 0 fully saturated rings. The molecule has 7 heteroatoms. The number of rotatable bonds is 5. The number of halogens is 2. The maximum Gasteiger partial charge on any atom is 0.273 e. The molecule has 5 nitrogen and oxygen atoms in total. The van der Waals surface area contributed by atoms with Gasteiger partial charge in [-0.05, 0) is 64.8 Å². The van der Waals surface area contributed by atoms with Crippen molar-refractivity contribution in [3.8, 4) is 5.75 Å². The van der Waals surface area contributed by atoms with Gasteiger partial charge in [-0.25, -0.2) is 5.43 Å². The molecule has 0 atom stereocenters. The van der Waals surface area contributed by atoms with Crippen LogP contribution >= 0.6 is 31.9 Å². The van der Waals surface area contributed by atoms with Gasteiger partial charge in [-0.2, -0.15) is 5.10 Å². The number of amides is 1. The molecule has 0 unspecified atom stereocenters. The first-order valence-electron chi connectivity index (χ1n) is 6.82. The van der Waals surface area contributed by atoms with E-state index in [-0.39, 0.29) is 5.91 Å². The van der Waals surface area contributed by atoms with Gasteiger partial charge >= 0.3 is 0 Å². The van der Waals surface area contributed by atoms with Gasteiger partial charge in [-0.1, -0.05) is 15.9 Å². The first kappa shape index (κ1) is 17.5. The number of nitrogens with two attached hydrogens (primary N) is 1. The zero-order chi connectivity index (χ0) is 16.8. The fourth-order valence-electron chi connectivity index (χ4n) is 1.82. The van der Waals surface area contributed by atoms with E-state index in [9.17, 15) is 4.79 Å². The molecule has 0 aliphatic rings. The SMILES string of the molecule is CCOc1ccc(/C=N/NC(=O)c2cc(Br)cc(Br)c2N)cc1. The highest BCUT2D eigenvalue weighted by Gasteiger charge is 2.12. The Balaban J connectivity index is 2.04. The van der Waals surface area contributed by atoms with Gasteiger partial charge in [0.2, 0.25) is 0 Å². The van der Waals surface area contributed by atoms with Crippen LogP contribution in [0.4, 0.5) is 5.69 Å². The molecule has 0 heterocycles. The summed E-state index contributed by atoms with van der Waals surface area (Å²) in [6, 6.07) is 10.8. The molecule has 23 heavy (non-hydrogen) atoms. The van der Waals surface area contributed by atoms with Crippen LogP contribution in [0.15, 0.2) is 50.4 Å². The van der Waals surface area contributed by atoms with Gasteiger partial charge in [0, 0.05) is 8.95 Å². The van der Waals surface area contributed by atoms with E-state index in [1.165, 1.54) is 0 Å². The van der Waals surface area contributed by atoms with Crippen LogP contribution in [0.25, 0.3) is 0 Å². The largest absolute Gasteiger partial charge is 0.494 e. The molecule has 0 bridgehead atoms. The number of hydrogen-bond donors (Lipinski definition) is 2. The summed E-state index contributed by atoms with van der Waals surface area (Å²) in [6.07, 6.45) is 1.55. The maximum absolute atomic E-state index is 12.1. The molecule has 1 amide bonds. The molecule has 120 valence electrons. The number of benzene rings is 2. The second kappa shape index (κ2) is 8.12. The highest BCUT2D eigenvalue weighted by Crippen LogP contribution is 2.28. The highest BCUT2D eigenvalue weighted by molar-refractivity contribution is 9.11. The Morgan fingerprint density at radius 3 is 2.65 bits per heavy atom. The molecule has 0 saturated carbocycles. The van der Waals surface area contributed by atoms with E-state index in [4.69, 9.17) is 10.5 Å². The van der Waals surface area contributed by atoms with E-state index in [0.29, 0.717) is 22.3 Å². The number of carbonyl (C=O) groups excluding carboxylic acids is 1. The molecule has 3 N–H and O–H groups in total. The van der Waals surface area contributed by atoms with Crippen LogP contribution in [-0.4, -0.2) is 18.7 Å². The Morgan fingerprint density at radius 1 is 1.30 bits per heavy atom. The number of anilines is 1. The van der Waals surface area contributed by atoms with Crippen LogP contribution in [0.5, 0.6) is 5.75 Å². The summed E-state index contributed by atoms with van der Waals surface area (Å²) >= 11 is 6.63. The Bertz CT molecular complexity index is 731. The van der Waals surface area contributed by atoms with Crippen LogP contribution in [0, 0.1) is 0 Å². The lowest BCUT2D eigenvalue weighted by atomic mass is 10.2. The average Bonchev–Trinajstić information content (AvgIpc) is 2.52. The minimum atomic E-state index is -0.383. The van der Waals surface area contributed by atoms with Crippen LogP contribution in [0.1, 0.15) is 22.8 Å². The van der Waals surface area contributed by atoms with Crippen molar-refractivity contribution in [2.24, 2.45) is 5.10 Å². The number of nitrogens with zero attached hydrogens (tertiary/aromatic N) is 1. The predicted molar refractivity (Wildman–Crippen MR) is 98.9 cm³/mol. The second-order valence-corrected chi connectivity index (χ2v) is 6.32. The predicted octanol–water partition coefficient (Wildman–Crippen LogP) is 3.96. The molecule has 2 aromatic carbocycles. The molecule has 0 saturated heterocycles. The Kier molecular flexibility index (Phi) is 6.18.